The Morgan fingerprint density at radius 3 is 2.38 bits per heavy atom. The predicted octanol–water partition coefficient (Wildman–Crippen LogP) is 3.18. The van der Waals surface area contributed by atoms with Gasteiger partial charge >= 0.3 is 0 Å². The van der Waals surface area contributed by atoms with E-state index in [-0.39, 0.29) is 11.3 Å². The Morgan fingerprint density at radius 1 is 1.33 bits per heavy atom. The summed E-state index contributed by atoms with van der Waals surface area (Å²) in [5, 5.41) is 8.66. The SMILES string of the molecule is C/C(=N/[S@+]([O-])C(C)(C)C)c1cccc(C(F)(F)CO)c1F. The van der Waals surface area contributed by atoms with Crippen LogP contribution in [0, 0.1) is 5.82 Å². The average Bonchev–Trinajstić information content (AvgIpc) is 2.37. The van der Waals surface area contributed by atoms with Gasteiger partial charge in [-0.3, -0.25) is 0 Å². The van der Waals surface area contributed by atoms with E-state index >= 15 is 0 Å². The van der Waals surface area contributed by atoms with Gasteiger partial charge in [0, 0.05) is 5.56 Å². The van der Waals surface area contributed by atoms with Crippen molar-refractivity contribution in [3.8, 4) is 0 Å². The third kappa shape index (κ3) is 4.21. The number of rotatable bonds is 4. The van der Waals surface area contributed by atoms with Gasteiger partial charge < -0.3 is 9.66 Å². The molecule has 0 amide bonds. The molecule has 21 heavy (non-hydrogen) atoms. The molecule has 0 heterocycles. The molecular formula is C14H18F3NO2S. The van der Waals surface area contributed by atoms with E-state index in [0.717, 1.165) is 6.07 Å². The van der Waals surface area contributed by atoms with E-state index in [9.17, 15) is 17.7 Å². The molecule has 0 aliphatic heterocycles. The van der Waals surface area contributed by atoms with Crippen LogP contribution in [0.5, 0.6) is 0 Å². The number of hydrogen-bond donors (Lipinski definition) is 1. The molecule has 0 aliphatic carbocycles. The molecule has 3 nitrogen and oxygen atoms in total. The minimum Gasteiger partial charge on any atom is -0.591 e. The zero-order valence-corrected chi connectivity index (χ0v) is 13.1. The lowest BCUT2D eigenvalue weighted by molar-refractivity contribution is -0.0582. The summed E-state index contributed by atoms with van der Waals surface area (Å²) in [6.07, 6.45) is 0. The van der Waals surface area contributed by atoms with Crippen LogP contribution in [0.3, 0.4) is 0 Å². The Balaban J connectivity index is 3.27. The summed E-state index contributed by atoms with van der Waals surface area (Å²) in [5.41, 5.74) is -0.992. The summed E-state index contributed by atoms with van der Waals surface area (Å²) < 4.78 is 56.2. The quantitative estimate of drug-likeness (QED) is 0.684. The maximum atomic E-state index is 14.2. The van der Waals surface area contributed by atoms with Crippen molar-refractivity contribution < 1.29 is 22.8 Å². The lowest BCUT2D eigenvalue weighted by atomic mass is 10.0. The number of nitrogens with zero attached hydrogens (tertiary/aromatic N) is 1. The summed E-state index contributed by atoms with van der Waals surface area (Å²) in [6.45, 7) is 5.02. The number of alkyl halides is 2. The Hall–Kier alpha value is -1.05. The van der Waals surface area contributed by atoms with Crippen LogP contribution in [-0.2, 0) is 17.3 Å². The average molecular weight is 321 g/mol. The van der Waals surface area contributed by atoms with Crippen molar-refractivity contribution >= 4 is 17.1 Å². The highest BCUT2D eigenvalue weighted by Gasteiger charge is 2.35. The molecule has 1 rings (SSSR count). The van der Waals surface area contributed by atoms with Crippen LogP contribution in [0.4, 0.5) is 13.2 Å². The molecule has 0 radical (unpaired) electrons. The molecule has 0 spiro atoms. The van der Waals surface area contributed by atoms with Crippen LogP contribution >= 0.6 is 0 Å². The molecule has 1 atom stereocenters. The summed E-state index contributed by atoms with van der Waals surface area (Å²) in [4.78, 5) is 0. The minimum absolute atomic E-state index is 0.0661. The molecule has 0 bridgehead atoms. The fourth-order valence-electron chi connectivity index (χ4n) is 1.49. The van der Waals surface area contributed by atoms with Gasteiger partial charge in [0.15, 0.2) is 0 Å². The molecule has 118 valence electrons. The summed E-state index contributed by atoms with van der Waals surface area (Å²) in [5.74, 6) is -4.84. The van der Waals surface area contributed by atoms with E-state index in [1.54, 1.807) is 20.8 Å². The van der Waals surface area contributed by atoms with Gasteiger partial charge in [0.2, 0.25) is 0 Å². The van der Waals surface area contributed by atoms with E-state index in [4.69, 9.17) is 5.11 Å². The van der Waals surface area contributed by atoms with Gasteiger partial charge in [-0.25, -0.2) is 4.39 Å². The van der Waals surface area contributed by atoms with Gasteiger partial charge in [0.25, 0.3) is 5.92 Å². The van der Waals surface area contributed by atoms with Crippen molar-refractivity contribution in [1.82, 2.24) is 0 Å². The van der Waals surface area contributed by atoms with Crippen molar-refractivity contribution in [2.24, 2.45) is 4.40 Å². The third-order valence-corrected chi connectivity index (χ3v) is 4.21. The first-order valence-electron chi connectivity index (χ1n) is 6.26. The van der Waals surface area contributed by atoms with Crippen molar-refractivity contribution in [3.05, 3.63) is 35.1 Å². The van der Waals surface area contributed by atoms with Crippen molar-refractivity contribution in [1.29, 1.82) is 0 Å². The molecule has 0 saturated carbocycles. The smallest absolute Gasteiger partial charge is 0.298 e. The second-order valence-corrected chi connectivity index (χ2v) is 7.47. The monoisotopic (exact) mass is 321 g/mol. The Labute approximate surface area is 125 Å². The first-order valence-corrected chi connectivity index (χ1v) is 7.36. The normalized spacial score (nSPS) is 15.2. The highest BCUT2D eigenvalue weighted by Crippen LogP contribution is 2.31. The summed E-state index contributed by atoms with van der Waals surface area (Å²) in [6, 6.07) is 3.43. The fourth-order valence-corrected chi connectivity index (χ4v) is 2.11. The van der Waals surface area contributed by atoms with E-state index in [2.05, 4.69) is 4.40 Å². The van der Waals surface area contributed by atoms with Crippen molar-refractivity contribution in [3.63, 3.8) is 0 Å². The van der Waals surface area contributed by atoms with Crippen LogP contribution in [0.15, 0.2) is 22.6 Å². The van der Waals surface area contributed by atoms with Gasteiger partial charge in [0.05, 0.1) is 11.3 Å². The molecule has 1 aromatic rings. The number of aliphatic hydroxyl groups excluding tert-OH is 1. The first-order chi connectivity index (χ1) is 9.50. The number of aliphatic hydroxyl groups is 1. The van der Waals surface area contributed by atoms with Gasteiger partial charge in [0.1, 0.15) is 28.5 Å². The molecule has 0 fully saturated rings. The molecular weight excluding hydrogens is 303 g/mol. The van der Waals surface area contributed by atoms with Gasteiger partial charge in [-0.1, -0.05) is 16.5 Å². The van der Waals surface area contributed by atoms with Crippen LogP contribution in [-0.4, -0.2) is 26.7 Å². The van der Waals surface area contributed by atoms with E-state index < -0.39 is 40.0 Å². The number of hydrogen-bond acceptors (Lipinski definition) is 3. The highest BCUT2D eigenvalue weighted by molar-refractivity contribution is 7.91. The van der Waals surface area contributed by atoms with E-state index in [1.807, 2.05) is 0 Å². The topological polar surface area (TPSA) is 55.7 Å². The molecule has 1 aromatic carbocycles. The second-order valence-electron chi connectivity index (χ2n) is 5.57. The van der Waals surface area contributed by atoms with Crippen LogP contribution < -0.4 is 0 Å². The fraction of sp³-hybridized carbons (Fsp3) is 0.500. The van der Waals surface area contributed by atoms with Crippen molar-refractivity contribution in [2.45, 2.75) is 38.4 Å². The minimum atomic E-state index is -3.68. The molecule has 0 aromatic heterocycles. The Morgan fingerprint density at radius 2 is 1.90 bits per heavy atom. The lowest BCUT2D eigenvalue weighted by Crippen LogP contribution is -2.27. The Kier molecular flexibility index (Phi) is 5.46. The van der Waals surface area contributed by atoms with Crippen molar-refractivity contribution in [2.75, 3.05) is 6.61 Å². The predicted molar refractivity (Wildman–Crippen MR) is 77.5 cm³/mol. The molecule has 7 heteroatoms. The standard InChI is InChI=1S/C14H18F3NO2S/c1-9(18-21(20)13(2,3)4)10-6-5-7-11(12(10)15)14(16,17)8-19/h5-7,19H,8H2,1-4H3/b18-9-/t21-/m1/s1. The largest absolute Gasteiger partial charge is 0.591 e. The summed E-state index contributed by atoms with van der Waals surface area (Å²) in [7, 11) is 0. The van der Waals surface area contributed by atoms with E-state index in [1.165, 1.54) is 19.1 Å². The van der Waals surface area contributed by atoms with Crippen LogP contribution in [0.25, 0.3) is 0 Å². The van der Waals surface area contributed by atoms with Crippen LogP contribution in [0.1, 0.15) is 38.8 Å². The molecule has 1 N–H and O–H groups in total. The zero-order valence-electron chi connectivity index (χ0n) is 12.3. The highest BCUT2D eigenvalue weighted by atomic mass is 32.2. The Bertz CT molecular complexity index is 542. The first kappa shape index (κ1) is 18.0. The zero-order chi connectivity index (χ0) is 16.4. The van der Waals surface area contributed by atoms with E-state index in [0.29, 0.717) is 0 Å². The van der Waals surface area contributed by atoms with Gasteiger partial charge in [-0.15, -0.1) is 0 Å². The lowest BCUT2D eigenvalue weighted by Gasteiger charge is -2.19. The van der Waals surface area contributed by atoms with Crippen LogP contribution in [0.2, 0.25) is 0 Å². The number of benzene rings is 1. The third-order valence-electron chi connectivity index (χ3n) is 2.72. The summed E-state index contributed by atoms with van der Waals surface area (Å²) >= 11 is -1.62. The van der Waals surface area contributed by atoms with Gasteiger partial charge in [-0.05, 0) is 33.8 Å². The number of halogens is 3. The molecule has 0 unspecified atom stereocenters. The maximum Gasteiger partial charge on any atom is 0.298 e. The molecule has 0 aliphatic rings. The van der Waals surface area contributed by atoms with Gasteiger partial charge in [-0.2, -0.15) is 8.78 Å². The maximum absolute atomic E-state index is 14.2. The second kappa shape index (κ2) is 6.37. The molecule has 0 saturated heterocycles.